The first-order valence-electron chi connectivity index (χ1n) is 9.12. The molecule has 3 aromatic rings. The molecule has 1 unspecified atom stereocenters. The molecule has 2 N–H and O–H groups in total. The average molecular weight is 528 g/mol. The maximum atomic E-state index is 13.8. The van der Waals surface area contributed by atoms with Crippen LogP contribution in [0.25, 0.3) is 0 Å². The fraction of sp³-hybridized carbons (Fsp3) is 0.0909. The van der Waals surface area contributed by atoms with E-state index in [9.17, 15) is 27.2 Å². The van der Waals surface area contributed by atoms with E-state index in [0.717, 1.165) is 0 Å². The Morgan fingerprint density at radius 2 is 1.81 bits per heavy atom. The molecule has 1 aliphatic rings. The number of alkyl halides is 3. The number of carbonyl (C=O) groups is 2. The Hall–Kier alpha value is -2.91. The van der Waals surface area contributed by atoms with E-state index in [2.05, 4.69) is 26.6 Å². The van der Waals surface area contributed by atoms with Crippen molar-refractivity contribution in [3.63, 3.8) is 0 Å². The van der Waals surface area contributed by atoms with Crippen molar-refractivity contribution in [3.05, 3.63) is 97.7 Å². The summed E-state index contributed by atoms with van der Waals surface area (Å²) in [7, 11) is 0. The lowest BCUT2D eigenvalue weighted by atomic mass is 9.96. The second kappa shape index (κ2) is 8.22. The first kappa shape index (κ1) is 22.3. The molecule has 2 amide bonds. The molecule has 0 saturated carbocycles. The van der Waals surface area contributed by atoms with E-state index in [1.165, 1.54) is 6.07 Å². The Labute approximate surface area is 192 Å². The van der Waals surface area contributed by atoms with E-state index < -0.39 is 41.0 Å². The van der Waals surface area contributed by atoms with Crippen molar-refractivity contribution in [2.45, 2.75) is 12.2 Å². The minimum absolute atomic E-state index is 0.167. The molecular weight excluding hydrogens is 516 g/mol. The largest absolute Gasteiger partial charge is 0.416 e. The van der Waals surface area contributed by atoms with Gasteiger partial charge in [0.1, 0.15) is 5.82 Å². The summed E-state index contributed by atoms with van der Waals surface area (Å²) in [5.74, 6) is -2.57. The van der Waals surface area contributed by atoms with Gasteiger partial charge in [0.25, 0.3) is 11.8 Å². The van der Waals surface area contributed by atoms with Crippen molar-refractivity contribution < 1.29 is 27.2 Å². The minimum Gasteiger partial charge on any atom is -0.341 e. The van der Waals surface area contributed by atoms with Crippen LogP contribution in [0.5, 0.6) is 0 Å². The van der Waals surface area contributed by atoms with Gasteiger partial charge in [-0.25, -0.2) is 4.39 Å². The summed E-state index contributed by atoms with van der Waals surface area (Å²) in [5.41, 5.74) is -0.405. The highest BCUT2D eigenvalue weighted by Gasteiger charge is 2.35. The fourth-order valence-electron chi connectivity index (χ4n) is 3.52. The van der Waals surface area contributed by atoms with Crippen LogP contribution in [-0.2, 0) is 6.18 Å². The third-order valence-corrected chi connectivity index (χ3v) is 5.71. The van der Waals surface area contributed by atoms with E-state index in [0.29, 0.717) is 38.8 Å². The van der Waals surface area contributed by atoms with Crippen LogP contribution in [0.1, 0.15) is 43.4 Å². The summed E-state index contributed by atoms with van der Waals surface area (Å²) in [6.45, 7) is 0. The number of fused-ring (bicyclic) bond motifs is 1. The summed E-state index contributed by atoms with van der Waals surface area (Å²) in [6.07, 6.45) is -4.82. The highest BCUT2D eigenvalue weighted by atomic mass is 79.9. The van der Waals surface area contributed by atoms with Crippen LogP contribution < -0.4 is 10.6 Å². The Morgan fingerprint density at radius 3 is 2.50 bits per heavy atom. The second-order valence-electron chi connectivity index (χ2n) is 7.02. The molecule has 0 bridgehead atoms. The van der Waals surface area contributed by atoms with E-state index in [4.69, 9.17) is 11.6 Å². The molecule has 4 nitrogen and oxygen atoms in total. The first-order valence-corrected chi connectivity index (χ1v) is 10.3. The molecule has 0 saturated heterocycles. The number of anilines is 1. The number of hydrogen-bond acceptors (Lipinski definition) is 2. The summed E-state index contributed by atoms with van der Waals surface area (Å²) >= 11 is 9.55. The standard InChI is InChI=1S/C22H12BrClF4N2O2/c23-12-8-15-18(19(30-21(15)32)14-3-1-2-4-16(14)24)17(9-12)29-20(31)10-5-11(22(26,27)28)7-13(25)6-10/h1-9,19H,(H,29,31)(H,30,32). The zero-order valence-corrected chi connectivity index (χ0v) is 18.2. The minimum atomic E-state index is -4.82. The zero-order chi connectivity index (χ0) is 23.2. The van der Waals surface area contributed by atoms with Crippen LogP contribution >= 0.6 is 27.5 Å². The van der Waals surface area contributed by atoms with Gasteiger partial charge in [-0.05, 0) is 42.0 Å². The predicted octanol–water partition coefficient (Wildman–Crippen LogP) is 6.35. The van der Waals surface area contributed by atoms with Crippen molar-refractivity contribution in [2.75, 3.05) is 5.32 Å². The van der Waals surface area contributed by atoms with Crippen molar-refractivity contribution in [3.8, 4) is 0 Å². The molecule has 0 spiro atoms. The first-order chi connectivity index (χ1) is 15.0. The molecule has 1 aliphatic heterocycles. The lowest BCUT2D eigenvalue weighted by Gasteiger charge is -2.18. The Morgan fingerprint density at radius 1 is 1.09 bits per heavy atom. The van der Waals surface area contributed by atoms with Gasteiger partial charge in [-0.15, -0.1) is 0 Å². The second-order valence-corrected chi connectivity index (χ2v) is 8.35. The molecule has 3 aromatic carbocycles. The van der Waals surface area contributed by atoms with Crippen LogP contribution in [0.3, 0.4) is 0 Å². The van der Waals surface area contributed by atoms with Crippen molar-refractivity contribution in [1.29, 1.82) is 0 Å². The van der Waals surface area contributed by atoms with Crippen LogP contribution in [0, 0.1) is 5.82 Å². The highest BCUT2D eigenvalue weighted by molar-refractivity contribution is 9.10. The highest BCUT2D eigenvalue weighted by Crippen LogP contribution is 2.40. The molecular formula is C22H12BrClF4N2O2. The molecule has 1 heterocycles. The number of carbonyl (C=O) groups excluding carboxylic acids is 2. The van der Waals surface area contributed by atoms with Gasteiger partial charge in [0, 0.05) is 31.9 Å². The van der Waals surface area contributed by atoms with Gasteiger partial charge in [0.2, 0.25) is 0 Å². The maximum Gasteiger partial charge on any atom is 0.416 e. The number of amides is 2. The smallest absolute Gasteiger partial charge is 0.341 e. The van der Waals surface area contributed by atoms with Gasteiger partial charge in [0.05, 0.1) is 11.6 Å². The maximum absolute atomic E-state index is 13.8. The molecule has 164 valence electrons. The van der Waals surface area contributed by atoms with Gasteiger partial charge in [-0.1, -0.05) is 45.7 Å². The lowest BCUT2D eigenvalue weighted by Crippen LogP contribution is -2.21. The SMILES string of the molecule is O=C(Nc1cc(Br)cc2c1C(c1ccccc1Cl)NC2=O)c1cc(F)cc(C(F)(F)F)c1. The van der Waals surface area contributed by atoms with Crippen molar-refractivity contribution in [2.24, 2.45) is 0 Å². The topological polar surface area (TPSA) is 58.2 Å². The van der Waals surface area contributed by atoms with Crippen LogP contribution in [-0.4, -0.2) is 11.8 Å². The summed E-state index contributed by atoms with van der Waals surface area (Å²) < 4.78 is 53.3. The number of nitrogens with one attached hydrogen (secondary N) is 2. The summed E-state index contributed by atoms with van der Waals surface area (Å²) in [6, 6.07) is 10.7. The van der Waals surface area contributed by atoms with Crippen LogP contribution in [0.4, 0.5) is 23.2 Å². The lowest BCUT2D eigenvalue weighted by molar-refractivity contribution is -0.137. The molecule has 0 radical (unpaired) electrons. The number of benzene rings is 3. The van der Waals surface area contributed by atoms with Gasteiger partial charge >= 0.3 is 6.18 Å². The monoisotopic (exact) mass is 526 g/mol. The molecule has 10 heteroatoms. The van der Waals surface area contributed by atoms with Crippen LogP contribution in [0.15, 0.2) is 59.1 Å². The van der Waals surface area contributed by atoms with E-state index >= 15 is 0 Å². The predicted molar refractivity (Wildman–Crippen MR) is 114 cm³/mol. The molecule has 1 atom stereocenters. The quantitative estimate of drug-likeness (QED) is 0.390. The van der Waals surface area contributed by atoms with Crippen molar-refractivity contribution in [1.82, 2.24) is 5.32 Å². The fourth-order valence-corrected chi connectivity index (χ4v) is 4.23. The number of halogens is 6. The normalized spacial score (nSPS) is 15.3. The molecule has 0 aromatic heterocycles. The third-order valence-electron chi connectivity index (χ3n) is 4.91. The van der Waals surface area contributed by atoms with Gasteiger partial charge in [0.15, 0.2) is 0 Å². The van der Waals surface area contributed by atoms with Gasteiger partial charge in [-0.3, -0.25) is 9.59 Å². The molecule has 4 rings (SSSR count). The van der Waals surface area contributed by atoms with Crippen molar-refractivity contribution >= 4 is 45.0 Å². The average Bonchev–Trinajstić information content (AvgIpc) is 3.03. The molecule has 0 fully saturated rings. The zero-order valence-electron chi connectivity index (χ0n) is 15.9. The van der Waals surface area contributed by atoms with E-state index in [-0.39, 0.29) is 11.3 Å². The van der Waals surface area contributed by atoms with Gasteiger partial charge < -0.3 is 10.6 Å². The number of rotatable bonds is 3. The summed E-state index contributed by atoms with van der Waals surface area (Å²) in [4.78, 5) is 25.3. The third kappa shape index (κ3) is 4.22. The number of hydrogen-bond donors (Lipinski definition) is 2. The van der Waals surface area contributed by atoms with Gasteiger partial charge in [-0.2, -0.15) is 13.2 Å². The summed E-state index contributed by atoms with van der Waals surface area (Å²) in [5, 5.41) is 5.68. The Bertz CT molecular complexity index is 1260. The molecule has 32 heavy (non-hydrogen) atoms. The molecule has 0 aliphatic carbocycles. The Balaban J connectivity index is 1.77. The van der Waals surface area contributed by atoms with E-state index in [1.807, 2.05) is 0 Å². The van der Waals surface area contributed by atoms with Crippen LogP contribution in [0.2, 0.25) is 5.02 Å². The van der Waals surface area contributed by atoms with E-state index in [1.54, 1.807) is 30.3 Å². The Kier molecular flexibility index (Phi) is 5.72.